The van der Waals surface area contributed by atoms with Crippen LogP contribution in [0.2, 0.25) is 0 Å². The molecule has 0 fully saturated rings. The van der Waals surface area contributed by atoms with Crippen LogP contribution in [-0.2, 0) is 4.74 Å². The third kappa shape index (κ3) is 2.46. The van der Waals surface area contributed by atoms with Crippen molar-refractivity contribution < 1.29 is 22.7 Å². The Hall–Kier alpha value is -1.53. The van der Waals surface area contributed by atoms with Crippen molar-refractivity contribution in [2.75, 3.05) is 0 Å². The highest BCUT2D eigenvalue weighted by molar-refractivity contribution is 5.70. The second kappa shape index (κ2) is 3.92. The standard InChI is InChI=1S/C6H5F3N2O2/c7-4(8)5(9)13-6(12)11-2-1-10-3-11/h1-5H. The highest BCUT2D eigenvalue weighted by Gasteiger charge is 2.23. The van der Waals surface area contributed by atoms with Gasteiger partial charge in [0.1, 0.15) is 6.33 Å². The molecule has 4 nitrogen and oxygen atoms in total. The first-order valence-electron chi connectivity index (χ1n) is 3.22. The number of ether oxygens (including phenoxy) is 1. The number of aromatic nitrogens is 2. The molecule has 0 saturated carbocycles. The first kappa shape index (κ1) is 9.56. The van der Waals surface area contributed by atoms with E-state index in [-0.39, 0.29) is 0 Å². The summed E-state index contributed by atoms with van der Waals surface area (Å²) in [7, 11) is 0. The molecule has 0 radical (unpaired) electrons. The van der Waals surface area contributed by atoms with E-state index in [0.29, 0.717) is 0 Å². The Morgan fingerprint density at radius 2 is 2.15 bits per heavy atom. The van der Waals surface area contributed by atoms with Gasteiger partial charge in [-0.3, -0.25) is 0 Å². The van der Waals surface area contributed by atoms with Gasteiger partial charge in [-0.25, -0.2) is 23.1 Å². The first-order chi connectivity index (χ1) is 6.11. The Bertz CT molecular complexity index is 275. The summed E-state index contributed by atoms with van der Waals surface area (Å²) < 4.78 is 39.7. The van der Waals surface area contributed by atoms with Crippen molar-refractivity contribution in [3.63, 3.8) is 0 Å². The van der Waals surface area contributed by atoms with E-state index in [0.717, 1.165) is 17.1 Å². The number of carbonyl (C=O) groups excluding carboxylic acids is 1. The number of rotatable bonds is 2. The fraction of sp³-hybridized carbons (Fsp3) is 0.333. The van der Waals surface area contributed by atoms with Crippen LogP contribution in [0.25, 0.3) is 0 Å². The summed E-state index contributed by atoms with van der Waals surface area (Å²) in [4.78, 5) is 14.2. The Morgan fingerprint density at radius 3 is 2.62 bits per heavy atom. The average molecular weight is 194 g/mol. The predicted octanol–water partition coefficient (Wildman–Crippen LogP) is 1.43. The normalized spacial score (nSPS) is 12.9. The zero-order valence-corrected chi connectivity index (χ0v) is 6.23. The van der Waals surface area contributed by atoms with Gasteiger partial charge in [0.15, 0.2) is 0 Å². The van der Waals surface area contributed by atoms with Crippen LogP contribution >= 0.6 is 0 Å². The molecule has 0 aliphatic carbocycles. The minimum absolute atomic E-state index is 0.745. The van der Waals surface area contributed by atoms with Gasteiger partial charge in [0, 0.05) is 12.4 Å². The van der Waals surface area contributed by atoms with Crippen molar-refractivity contribution in [2.24, 2.45) is 0 Å². The van der Waals surface area contributed by atoms with Gasteiger partial charge in [-0.15, -0.1) is 0 Å². The SMILES string of the molecule is O=C(OC(F)C(F)F)n1ccnc1. The van der Waals surface area contributed by atoms with Gasteiger partial charge in [0.2, 0.25) is 0 Å². The van der Waals surface area contributed by atoms with Crippen molar-refractivity contribution in [3.05, 3.63) is 18.7 Å². The van der Waals surface area contributed by atoms with E-state index >= 15 is 0 Å². The molecule has 1 aromatic heterocycles. The van der Waals surface area contributed by atoms with Crippen molar-refractivity contribution >= 4 is 6.09 Å². The molecule has 1 aromatic rings. The van der Waals surface area contributed by atoms with Gasteiger partial charge in [-0.1, -0.05) is 0 Å². The molecule has 7 heteroatoms. The van der Waals surface area contributed by atoms with E-state index < -0.39 is 18.9 Å². The Morgan fingerprint density at radius 1 is 1.46 bits per heavy atom. The number of hydrogen-bond acceptors (Lipinski definition) is 3. The molecule has 0 amide bonds. The molecule has 0 spiro atoms. The highest BCUT2D eigenvalue weighted by atomic mass is 19.3. The molecule has 1 atom stereocenters. The van der Waals surface area contributed by atoms with E-state index in [1.807, 2.05) is 0 Å². The zero-order chi connectivity index (χ0) is 9.84. The van der Waals surface area contributed by atoms with Crippen LogP contribution < -0.4 is 0 Å². The summed E-state index contributed by atoms with van der Waals surface area (Å²) in [6.07, 6.45) is -4.08. The van der Waals surface area contributed by atoms with Gasteiger partial charge in [-0.05, 0) is 0 Å². The minimum Gasteiger partial charge on any atom is -0.408 e. The van der Waals surface area contributed by atoms with Crippen LogP contribution in [0.3, 0.4) is 0 Å². The number of imidazole rings is 1. The summed E-state index contributed by atoms with van der Waals surface area (Å²) in [6.45, 7) is 0. The molecule has 0 aliphatic heterocycles. The summed E-state index contributed by atoms with van der Waals surface area (Å²) in [6, 6.07) is 0. The predicted molar refractivity (Wildman–Crippen MR) is 35.0 cm³/mol. The Labute approximate surface area is 70.9 Å². The van der Waals surface area contributed by atoms with E-state index in [1.165, 1.54) is 6.20 Å². The average Bonchev–Trinajstić information content (AvgIpc) is 2.55. The van der Waals surface area contributed by atoms with Crippen LogP contribution in [0.15, 0.2) is 18.7 Å². The lowest BCUT2D eigenvalue weighted by Gasteiger charge is -2.07. The fourth-order valence-electron chi connectivity index (χ4n) is 0.576. The molecular weight excluding hydrogens is 189 g/mol. The summed E-state index contributed by atoms with van der Waals surface area (Å²) in [5, 5.41) is 0. The molecule has 0 aromatic carbocycles. The Balaban J connectivity index is 2.52. The molecule has 0 N–H and O–H groups in total. The zero-order valence-electron chi connectivity index (χ0n) is 6.23. The topological polar surface area (TPSA) is 44.1 Å². The lowest BCUT2D eigenvalue weighted by atomic mass is 10.7. The number of nitrogens with zero attached hydrogens (tertiary/aromatic N) is 2. The summed E-state index contributed by atoms with van der Waals surface area (Å²) in [5.41, 5.74) is 0. The monoisotopic (exact) mass is 194 g/mol. The molecule has 0 saturated heterocycles. The van der Waals surface area contributed by atoms with E-state index in [9.17, 15) is 18.0 Å². The molecule has 1 unspecified atom stereocenters. The van der Waals surface area contributed by atoms with Crippen molar-refractivity contribution in [1.82, 2.24) is 9.55 Å². The van der Waals surface area contributed by atoms with Crippen LogP contribution in [0.4, 0.5) is 18.0 Å². The van der Waals surface area contributed by atoms with Gasteiger partial charge in [0.05, 0.1) is 0 Å². The van der Waals surface area contributed by atoms with Gasteiger partial charge in [0.25, 0.3) is 0 Å². The van der Waals surface area contributed by atoms with Crippen LogP contribution in [0.5, 0.6) is 0 Å². The maximum atomic E-state index is 12.1. The van der Waals surface area contributed by atoms with Crippen molar-refractivity contribution in [1.29, 1.82) is 0 Å². The van der Waals surface area contributed by atoms with E-state index in [1.54, 1.807) is 0 Å². The third-order valence-electron chi connectivity index (χ3n) is 1.13. The second-order valence-corrected chi connectivity index (χ2v) is 2.04. The number of hydrogen-bond donors (Lipinski definition) is 0. The molecule has 13 heavy (non-hydrogen) atoms. The lowest BCUT2D eigenvalue weighted by Crippen LogP contribution is -2.23. The molecule has 0 bridgehead atoms. The maximum absolute atomic E-state index is 12.1. The number of carbonyl (C=O) groups is 1. The molecule has 0 aliphatic rings. The molecular formula is C6H5F3N2O2. The minimum atomic E-state index is -3.34. The second-order valence-electron chi connectivity index (χ2n) is 2.04. The van der Waals surface area contributed by atoms with Gasteiger partial charge in [-0.2, -0.15) is 4.39 Å². The largest absolute Gasteiger partial charge is 0.422 e. The number of alkyl halides is 3. The first-order valence-corrected chi connectivity index (χ1v) is 3.22. The van der Waals surface area contributed by atoms with Crippen LogP contribution in [0.1, 0.15) is 0 Å². The van der Waals surface area contributed by atoms with E-state index in [2.05, 4.69) is 9.72 Å². The van der Waals surface area contributed by atoms with Crippen LogP contribution in [0, 0.1) is 0 Å². The summed E-state index contributed by atoms with van der Waals surface area (Å²) >= 11 is 0. The van der Waals surface area contributed by atoms with E-state index in [4.69, 9.17) is 0 Å². The van der Waals surface area contributed by atoms with Gasteiger partial charge >= 0.3 is 18.9 Å². The van der Waals surface area contributed by atoms with Gasteiger partial charge < -0.3 is 4.74 Å². The van der Waals surface area contributed by atoms with Crippen molar-refractivity contribution in [3.8, 4) is 0 Å². The quantitative estimate of drug-likeness (QED) is 0.715. The lowest BCUT2D eigenvalue weighted by molar-refractivity contribution is -0.0900. The molecule has 1 rings (SSSR count). The highest BCUT2D eigenvalue weighted by Crippen LogP contribution is 2.07. The van der Waals surface area contributed by atoms with Crippen molar-refractivity contribution in [2.45, 2.75) is 12.8 Å². The maximum Gasteiger partial charge on any atom is 0.422 e. The number of halogens is 3. The summed E-state index contributed by atoms with van der Waals surface area (Å²) in [5.74, 6) is 0. The molecule has 72 valence electrons. The molecule has 1 heterocycles. The van der Waals surface area contributed by atoms with Crippen LogP contribution in [-0.4, -0.2) is 28.4 Å². The smallest absolute Gasteiger partial charge is 0.408 e. The Kier molecular flexibility index (Phi) is 2.88. The fourth-order valence-corrected chi connectivity index (χ4v) is 0.576. The third-order valence-corrected chi connectivity index (χ3v) is 1.13.